The Kier molecular flexibility index (Phi) is 2.19. The first kappa shape index (κ1) is 8.76. The van der Waals surface area contributed by atoms with E-state index in [4.69, 9.17) is 5.26 Å². The summed E-state index contributed by atoms with van der Waals surface area (Å²) in [5.41, 5.74) is 2.04. The number of nitrogens with zero attached hydrogens (tertiary/aromatic N) is 3. The van der Waals surface area contributed by atoms with Crippen molar-refractivity contribution < 1.29 is 0 Å². The van der Waals surface area contributed by atoms with Gasteiger partial charge in [0.25, 0.3) is 0 Å². The van der Waals surface area contributed by atoms with E-state index in [1.807, 2.05) is 18.3 Å². The van der Waals surface area contributed by atoms with Crippen LogP contribution in [0.2, 0.25) is 0 Å². The molecule has 0 atom stereocenters. The minimum atomic E-state index is 0.454. The third-order valence-electron chi connectivity index (χ3n) is 2.33. The number of rotatable bonds is 2. The molecule has 0 aliphatic carbocycles. The number of fused-ring (bicyclic) bond motifs is 1. The molecule has 3 nitrogen and oxygen atoms in total. The Hall–Kier alpha value is -1.82. The molecule has 0 saturated heterocycles. The Morgan fingerprint density at radius 1 is 1.57 bits per heavy atom. The quantitative estimate of drug-likeness (QED) is 0.719. The molecule has 2 heterocycles. The van der Waals surface area contributed by atoms with E-state index in [2.05, 4.69) is 22.5 Å². The average molecular weight is 185 g/mol. The van der Waals surface area contributed by atoms with Gasteiger partial charge in [-0.1, -0.05) is 0 Å². The van der Waals surface area contributed by atoms with Crippen LogP contribution in [0.15, 0.2) is 24.5 Å². The summed E-state index contributed by atoms with van der Waals surface area (Å²) in [5, 5.41) is 9.77. The molecule has 3 heteroatoms. The lowest BCUT2D eigenvalue weighted by Gasteiger charge is -1.96. The zero-order chi connectivity index (χ0) is 9.97. The van der Waals surface area contributed by atoms with E-state index in [-0.39, 0.29) is 0 Å². The number of hydrogen-bond donors (Lipinski definition) is 0. The molecule has 0 aromatic carbocycles. The highest BCUT2D eigenvalue weighted by molar-refractivity contribution is 5.80. The van der Waals surface area contributed by atoms with Crippen LogP contribution in [0.3, 0.4) is 0 Å². The topological polar surface area (TPSA) is 41.6 Å². The minimum absolute atomic E-state index is 0.454. The van der Waals surface area contributed by atoms with Crippen LogP contribution in [0.5, 0.6) is 0 Å². The van der Waals surface area contributed by atoms with Gasteiger partial charge in [0, 0.05) is 24.3 Å². The van der Waals surface area contributed by atoms with Gasteiger partial charge in [-0.3, -0.25) is 0 Å². The largest absolute Gasteiger partial charge is 0.332 e. The van der Waals surface area contributed by atoms with Gasteiger partial charge in [0.2, 0.25) is 0 Å². The van der Waals surface area contributed by atoms with Crippen molar-refractivity contribution in [3.05, 3.63) is 30.1 Å². The summed E-state index contributed by atoms with van der Waals surface area (Å²) < 4.78 is 2.07. The summed E-state index contributed by atoms with van der Waals surface area (Å²) in [6.07, 6.45) is 4.25. The van der Waals surface area contributed by atoms with E-state index in [1.165, 1.54) is 0 Å². The van der Waals surface area contributed by atoms with Crippen LogP contribution >= 0.6 is 0 Å². The molecule has 0 saturated carbocycles. The third kappa shape index (κ3) is 1.25. The SMILES string of the molecule is CCn1cc(CC#N)c2cccnc21. The van der Waals surface area contributed by atoms with Crippen LogP contribution in [0.4, 0.5) is 0 Å². The molecule has 0 amide bonds. The van der Waals surface area contributed by atoms with Crippen molar-refractivity contribution in [3.63, 3.8) is 0 Å². The Morgan fingerprint density at radius 3 is 3.14 bits per heavy atom. The zero-order valence-corrected chi connectivity index (χ0v) is 8.07. The van der Waals surface area contributed by atoms with Crippen LogP contribution in [0.25, 0.3) is 11.0 Å². The van der Waals surface area contributed by atoms with Crippen LogP contribution in [-0.4, -0.2) is 9.55 Å². The number of aryl methyl sites for hydroxylation is 1. The van der Waals surface area contributed by atoms with Crippen molar-refractivity contribution in [1.82, 2.24) is 9.55 Å². The highest BCUT2D eigenvalue weighted by Crippen LogP contribution is 2.19. The monoisotopic (exact) mass is 185 g/mol. The smallest absolute Gasteiger partial charge is 0.140 e. The van der Waals surface area contributed by atoms with Gasteiger partial charge in [0.05, 0.1) is 12.5 Å². The van der Waals surface area contributed by atoms with Crippen molar-refractivity contribution >= 4 is 11.0 Å². The van der Waals surface area contributed by atoms with Gasteiger partial charge in [0.1, 0.15) is 5.65 Å². The van der Waals surface area contributed by atoms with Crippen molar-refractivity contribution in [3.8, 4) is 6.07 Å². The number of pyridine rings is 1. The number of hydrogen-bond acceptors (Lipinski definition) is 2. The lowest BCUT2D eigenvalue weighted by atomic mass is 10.2. The second-order valence-electron chi connectivity index (χ2n) is 3.15. The molecule has 0 spiro atoms. The Bertz CT molecular complexity index is 491. The second kappa shape index (κ2) is 3.51. The van der Waals surface area contributed by atoms with Crippen LogP contribution in [0.1, 0.15) is 12.5 Å². The third-order valence-corrected chi connectivity index (χ3v) is 2.33. The highest BCUT2D eigenvalue weighted by Gasteiger charge is 2.06. The van der Waals surface area contributed by atoms with Crippen LogP contribution in [0, 0.1) is 11.3 Å². The summed E-state index contributed by atoms with van der Waals surface area (Å²) in [4.78, 5) is 4.31. The normalized spacial score (nSPS) is 10.3. The molecular formula is C11H11N3. The summed E-state index contributed by atoms with van der Waals surface area (Å²) in [5.74, 6) is 0. The molecule has 2 aromatic rings. The van der Waals surface area contributed by atoms with Crippen molar-refractivity contribution in [2.24, 2.45) is 0 Å². The summed E-state index contributed by atoms with van der Waals surface area (Å²) >= 11 is 0. The average Bonchev–Trinajstić information content (AvgIpc) is 2.58. The molecule has 0 aliphatic rings. The summed E-state index contributed by atoms with van der Waals surface area (Å²) in [7, 11) is 0. The number of nitriles is 1. The van der Waals surface area contributed by atoms with Crippen LogP contribution in [-0.2, 0) is 13.0 Å². The molecule has 0 bridgehead atoms. The maximum absolute atomic E-state index is 8.68. The standard InChI is InChI=1S/C11H11N3/c1-2-14-8-9(5-6-12)10-4-3-7-13-11(10)14/h3-4,7-8H,2,5H2,1H3. The molecule has 0 aliphatic heterocycles. The van der Waals surface area contributed by atoms with E-state index >= 15 is 0 Å². The molecule has 2 rings (SSSR count). The van der Waals surface area contributed by atoms with Crippen molar-refractivity contribution in [1.29, 1.82) is 5.26 Å². The molecule has 0 N–H and O–H groups in total. The van der Waals surface area contributed by atoms with Gasteiger partial charge in [-0.15, -0.1) is 0 Å². The van der Waals surface area contributed by atoms with Gasteiger partial charge in [-0.25, -0.2) is 4.98 Å². The van der Waals surface area contributed by atoms with E-state index in [0.717, 1.165) is 23.1 Å². The minimum Gasteiger partial charge on any atom is -0.332 e. The summed E-state index contributed by atoms with van der Waals surface area (Å²) in [6, 6.07) is 6.09. The molecular weight excluding hydrogens is 174 g/mol. The fraction of sp³-hybridized carbons (Fsp3) is 0.273. The lowest BCUT2D eigenvalue weighted by molar-refractivity contribution is 0.784. The van der Waals surface area contributed by atoms with E-state index in [1.54, 1.807) is 6.20 Å². The molecule has 70 valence electrons. The van der Waals surface area contributed by atoms with Crippen molar-refractivity contribution in [2.45, 2.75) is 19.9 Å². The summed E-state index contributed by atoms with van der Waals surface area (Å²) in [6.45, 7) is 2.96. The van der Waals surface area contributed by atoms with E-state index in [9.17, 15) is 0 Å². The van der Waals surface area contributed by atoms with E-state index < -0.39 is 0 Å². The maximum Gasteiger partial charge on any atom is 0.140 e. The zero-order valence-electron chi connectivity index (χ0n) is 8.07. The first-order valence-corrected chi connectivity index (χ1v) is 4.66. The van der Waals surface area contributed by atoms with E-state index in [0.29, 0.717) is 6.42 Å². The van der Waals surface area contributed by atoms with Crippen molar-refractivity contribution in [2.75, 3.05) is 0 Å². The van der Waals surface area contributed by atoms with Gasteiger partial charge >= 0.3 is 0 Å². The second-order valence-corrected chi connectivity index (χ2v) is 3.15. The lowest BCUT2D eigenvalue weighted by Crippen LogP contribution is -1.92. The Labute approximate surface area is 82.6 Å². The first-order chi connectivity index (χ1) is 6.86. The molecule has 0 unspecified atom stereocenters. The molecule has 2 aromatic heterocycles. The first-order valence-electron chi connectivity index (χ1n) is 4.66. The van der Waals surface area contributed by atoms with Gasteiger partial charge in [0.15, 0.2) is 0 Å². The Balaban J connectivity index is 2.68. The highest BCUT2D eigenvalue weighted by atomic mass is 15.0. The van der Waals surface area contributed by atoms with Gasteiger partial charge in [-0.05, 0) is 24.6 Å². The van der Waals surface area contributed by atoms with Gasteiger partial charge in [-0.2, -0.15) is 5.26 Å². The fourth-order valence-electron chi connectivity index (χ4n) is 1.66. The predicted molar refractivity (Wildman–Crippen MR) is 54.7 cm³/mol. The van der Waals surface area contributed by atoms with Gasteiger partial charge < -0.3 is 4.57 Å². The predicted octanol–water partition coefficient (Wildman–Crippen LogP) is 2.12. The van der Waals surface area contributed by atoms with Crippen LogP contribution < -0.4 is 0 Å². The maximum atomic E-state index is 8.68. The number of aromatic nitrogens is 2. The molecule has 0 fully saturated rings. The fourth-order valence-corrected chi connectivity index (χ4v) is 1.66. The molecule has 0 radical (unpaired) electrons. The molecule has 14 heavy (non-hydrogen) atoms. The Morgan fingerprint density at radius 2 is 2.43 bits per heavy atom.